The molecule has 7 nitrogen and oxygen atoms in total. The summed E-state index contributed by atoms with van der Waals surface area (Å²) < 4.78 is 5.17. The number of methoxy groups -OCH3 is 1. The second-order valence-electron chi connectivity index (χ2n) is 7.14. The van der Waals surface area contributed by atoms with Gasteiger partial charge in [0.2, 0.25) is 0 Å². The molecule has 1 aliphatic rings. The maximum absolute atomic E-state index is 12.3. The van der Waals surface area contributed by atoms with E-state index in [1.54, 1.807) is 37.6 Å². The van der Waals surface area contributed by atoms with Crippen LogP contribution in [-0.2, 0) is 0 Å². The Hall–Kier alpha value is -1.85. The molecule has 170 valence electrons. The van der Waals surface area contributed by atoms with Crippen LogP contribution in [0.3, 0.4) is 0 Å². The van der Waals surface area contributed by atoms with Crippen LogP contribution in [-0.4, -0.2) is 63.6 Å². The second-order valence-corrected chi connectivity index (χ2v) is 8.12. The van der Waals surface area contributed by atoms with E-state index in [-0.39, 0.29) is 29.9 Å². The number of thiophene rings is 1. The molecule has 1 amide bonds. The van der Waals surface area contributed by atoms with Gasteiger partial charge in [-0.1, -0.05) is 12.1 Å². The lowest BCUT2D eigenvalue weighted by molar-refractivity contribution is 0.0954. The summed E-state index contributed by atoms with van der Waals surface area (Å²) >= 11 is 1.80. The normalized spacial score (nSPS) is 15.1. The van der Waals surface area contributed by atoms with Crippen molar-refractivity contribution in [2.75, 3.05) is 46.9 Å². The van der Waals surface area contributed by atoms with Crippen LogP contribution >= 0.6 is 35.3 Å². The van der Waals surface area contributed by atoms with E-state index < -0.39 is 0 Å². The number of hydrogen-bond donors (Lipinski definition) is 3. The Morgan fingerprint density at radius 1 is 1.16 bits per heavy atom. The van der Waals surface area contributed by atoms with E-state index >= 15 is 0 Å². The highest BCUT2D eigenvalue weighted by Gasteiger charge is 2.24. The zero-order valence-electron chi connectivity index (χ0n) is 18.1. The van der Waals surface area contributed by atoms with E-state index in [1.807, 2.05) is 12.1 Å². The number of ether oxygens (including phenoxy) is 1. The highest BCUT2D eigenvalue weighted by Crippen LogP contribution is 2.27. The predicted octanol–water partition coefficient (Wildman–Crippen LogP) is 3.11. The monoisotopic (exact) mass is 557 g/mol. The molecule has 2 heterocycles. The smallest absolute Gasteiger partial charge is 0.251 e. The maximum atomic E-state index is 12.3. The molecular weight excluding hydrogens is 525 g/mol. The fraction of sp³-hybridized carbons (Fsp3) is 0.455. The van der Waals surface area contributed by atoms with Gasteiger partial charge in [0.05, 0.1) is 13.2 Å². The van der Waals surface area contributed by atoms with Gasteiger partial charge in [-0.2, -0.15) is 0 Å². The van der Waals surface area contributed by atoms with Gasteiger partial charge < -0.3 is 20.7 Å². The van der Waals surface area contributed by atoms with Gasteiger partial charge in [0.1, 0.15) is 5.75 Å². The van der Waals surface area contributed by atoms with Crippen molar-refractivity contribution in [2.24, 2.45) is 4.99 Å². The Morgan fingerprint density at radius 2 is 1.94 bits per heavy atom. The molecule has 1 atom stereocenters. The van der Waals surface area contributed by atoms with Gasteiger partial charge in [-0.3, -0.25) is 14.7 Å². The van der Waals surface area contributed by atoms with Crippen molar-refractivity contribution in [3.63, 3.8) is 0 Å². The highest BCUT2D eigenvalue weighted by molar-refractivity contribution is 14.0. The number of rotatable bonds is 9. The van der Waals surface area contributed by atoms with Crippen molar-refractivity contribution >= 4 is 47.2 Å². The van der Waals surface area contributed by atoms with Crippen molar-refractivity contribution in [1.29, 1.82) is 0 Å². The SMILES string of the molecule is CN=C(NCCNC(=O)c1cccc(OC)c1)NCC(c1cccs1)N1CCCC1.I. The quantitative estimate of drug-likeness (QED) is 0.191. The maximum Gasteiger partial charge on any atom is 0.251 e. The predicted molar refractivity (Wildman–Crippen MR) is 138 cm³/mol. The van der Waals surface area contributed by atoms with Crippen molar-refractivity contribution in [1.82, 2.24) is 20.9 Å². The van der Waals surface area contributed by atoms with Crippen LogP contribution in [0.15, 0.2) is 46.8 Å². The fourth-order valence-corrected chi connectivity index (χ4v) is 4.44. The van der Waals surface area contributed by atoms with Gasteiger partial charge >= 0.3 is 0 Å². The summed E-state index contributed by atoms with van der Waals surface area (Å²) in [5.41, 5.74) is 0.584. The van der Waals surface area contributed by atoms with E-state index in [9.17, 15) is 4.79 Å². The number of amides is 1. The lowest BCUT2D eigenvalue weighted by Gasteiger charge is -2.27. The number of nitrogens with zero attached hydrogens (tertiary/aromatic N) is 2. The molecule has 1 saturated heterocycles. The van der Waals surface area contributed by atoms with Crippen molar-refractivity contribution in [2.45, 2.75) is 18.9 Å². The van der Waals surface area contributed by atoms with Crippen molar-refractivity contribution in [3.05, 3.63) is 52.2 Å². The minimum atomic E-state index is -0.120. The average Bonchev–Trinajstić information content (AvgIpc) is 3.50. The number of benzene rings is 1. The van der Waals surface area contributed by atoms with E-state index in [0.717, 1.165) is 25.6 Å². The Balaban J connectivity index is 0.00000341. The molecule has 1 aromatic carbocycles. The van der Waals surface area contributed by atoms with Gasteiger partial charge in [-0.05, 0) is 55.6 Å². The molecule has 1 aliphatic heterocycles. The Bertz CT molecular complexity index is 825. The number of aliphatic imine (C=N–C) groups is 1. The third kappa shape index (κ3) is 7.65. The molecule has 0 aliphatic carbocycles. The zero-order valence-corrected chi connectivity index (χ0v) is 21.2. The molecule has 3 rings (SSSR count). The zero-order chi connectivity index (χ0) is 21.2. The number of nitrogens with one attached hydrogen (secondary N) is 3. The van der Waals surface area contributed by atoms with Gasteiger partial charge in [-0.25, -0.2) is 0 Å². The molecular formula is C22H32IN5O2S. The summed E-state index contributed by atoms with van der Waals surface area (Å²) in [5.74, 6) is 1.29. The minimum Gasteiger partial charge on any atom is -0.497 e. The van der Waals surface area contributed by atoms with E-state index in [1.165, 1.54) is 17.7 Å². The first-order chi connectivity index (χ1) is 14.7. The first-order valence-electron chi connectivity index (χ1n) is 10.4. The number of guanidine groups is 1. The summed E-state index contributed by atoms with van der Waals surface area (Å²) in [6, 6.07) is 11.8. The highest BCUT2D eigenvalue weighted by atomic mass is 127. The van der Waals surface area contributed by atoms with E-state index in [2.05, 4.69) is 43.4 Å². The minimum absolute atomic E-state index is 0. The lowest BCUT2D eigenvalue weighted by atomic mass is 10.2. The standard InChI is InChI=1S/C22H31N5O2S.HI/c1-23-22(25-11-10-24-21(28)17-7-5-8-18(15-17)29-2)26-16-19(20-9-6-14-30-20)27-12-3-4-13-27;/h5-9,14-15,19H,3-4,10-13,16H2,1-2H3,(H,24,28)(H2,23,25,26);1H. The number of halogens is 1. The topological polar surface area (TPSA) is 78.0 Å². The van der Waals surface area contributed by atoms with Gasteiger partial charge in [-0.15, -0.1) is 35.3 Å². The molecule has 2 aromatic rings. The molecule has 0 spiro atoms. The average molecular weight is 558 g/mol. The van der Waals surface area contributed by atoms with Gasteiger partial charge in [0.15, 0.2) is 5.96 Å². The summed E-state index contributed by atoms with van der Waals surface area (Å²) in [6.07, 6.45) is 2.53. The Kier molecular flexibility index (Phi) is 11.1. The number of likely N-dealkylation sites (tertiary alicyclic amines) is 1. The molecule has 0 saturated carbocycles. The van der Waals surface area contributed by atoms with Crippen LogP contribution in [0, 0.1) is 0 Å². The first kappa shape index (κ1) is 25.4. The van der Waals surface area contributed by atoms with Crippen LogP contribution in [0.2, 0.25) is 0 Å². The number of hydrogen-bond acceptors (Lipinski definition) is 5. The van der Waals surface area contributed by atoms with Gasteiger partial charge in [0, 0.05) is 37.1 Å². The molecule has 1 unspecified atom stereocenters. The molecule has 1 fully saturated rings. The molecule has 0 radical (unpaired) electrons. The molecule has 0 bridgehead atoms. The van der Waals surface area contributed by atoms with Gasteiger partial charge in [0.25, 0.3) is 5.91 Å². The van der Waals surface area contributed by atoms with Crippen LogP contribution in [0.1, 0.15) is 34.1 Å². The van der Waals surface area contributed by atoms with Crippen LogP contribution in [0.4, 0.5) is 0 Å². The molecule has 1 aromatic heterocycles. The molecule has 3 N–H and O–H groups in total. The summed E-state index contributed by atoms with van der Waals surface area (Å²) in [6.45, 7) is 4.18. The molecule has 31 heavy (non-hydrogen) atoms. The third-order valence-corrected chi connectivity index (χ3v) is 6.15. The Labute approximate surface area is 205 Å². The van der Waals surface area contributed by atoms with E-state index in [4.69, 9.17) is 4.74 Å². The van der Waals surface area contributed by atoms with Crippen LogP contribution in [0.5, 0.6) is 5.75 Å². The van der Waals surface area contributed by atoms with Crippen LogP contribution < -0.4 is 20.7 Å². The third-order valence-electron chi connectivity index (χ3n) is 5.17. The summed E-state index contributed by atoms with van der Waals surface area (Å²) in [7, 11) is 3.35. The first-order valence-corrected chi connectivity index (χ1v) is 11.2. The molecule has 9 heteroatoms. The van der Waals surface area contributed by atoms with E-state index in [0.29, 0.717) is 30.4 Å². The van der Waals surface area contributed by atoms with Crippen molar-refractivity contribution < 1.29 is 9.53 Å². The fourth-order valence-electron chi connectivity index (χ4n) is 3.58. The number of carbonyl (C=O) groups excluding carboxylic acids is 1. The summed E-state index contributed by atoms with van der Waals surface area (Å²) in [4.78, 5) is 20.5. The largest absolute Gasteiger partial charge is 0.497 e. The second kappa shape index (κ2) is 13.5. The van der Waals surface area contributed by atoms with Crippen molar-refractivity contribution in [3.8, 4) is 5.75 Å². The lowest BCUT2D eigenvalue weighted by Crippen LogP contribution is -2.44. The van der Waals surface area contributed by atoms with Crippen LogP contribution in [0.25, 0.3) is 0 Å². The number of carbonyl (C=O) groups is 1. The summed E-state index contributed by atoms with van der Waals surface area (Å²) in [5, 5.41) is 11.8. The Morgan fingerprint density at radius 3 is 2.61 bits per heavy atom.